The van der Waals surface area contributed by atoms with Crippen molar-refractivity contribution >= 4 is 5.97 Å². The lowest BCUT2D eigenvalue weighted by Crippen LogP contribution is -2.43. The van der Waals surface area contributed by atoms with Gasteiger partial charge in [-0.1, -0.05) is 6.42 Å². The van der Waals surface area contributed by atoms with Gasteiger partial charge in [-0.05, 0) is 18.8 Å². The molecular weight excluding hydrogens is 170 g/mol. The third-order valence-electron chi connectivity index (χ3n) is 2.69. The van der Waals surface area contributed by atoms with Gasteiger partial charge >= 0.3 is 5.97 Å². The second-order valence-electron chi connectivity index (χ2n) is 3.63. The number of aliphatic hydroxyl groups is 1. The Hall–Kier alpha value is -0.610. The molecule has 4 heteroatoms. The summed E-state index contributed by atoms with van der Waals surface area (Å²) < 4.78 is 4.55. The Morgan fingerprint density at radius 3 is 2.92 bits per heavy atom. The zero-order valence-electron chi connectivity index (χ0n) is 7.90. The predicted octanol–water partition coefficient (Wildman–Crippen LogP) is 0.0378. The lowest BCUT2D eigenvalue weighted by atomic mass is 9.81. The number of carbonyl (C=O) groups excluding carboxylic acids is 1. The van der Waals surface area contributed by atoms with Gasteiger partial charge in [0.25, 0.3) is 0 Å². The predicted molar refractivity (Wildman–Crippen MR) is 48.0 cm³/mol. The molecule has 4 nitrogen and oxygen atoms in total. The van der Waals surface area contributed by atoms with E-state index in [1.54, 1.807) is 0 Å². The van der Waals surface area contributed by atoms with Crippen LogP contribution in [0.4, 0.5) is 0 Å². The molecule has 0 saturated heterocycles. The third kappa shape index (κ3) is 2.67. The molecule has 0 aromatic carbocycles. The number of carbonyl (C=O) groups is 1. The van der Waals surface area contributed by atoms with Crippen molar-refractivity contribution < 1.29 is 14.6 Å². The van der Waals surface area contributed by atoms with Crippen LogP contribution in [-0.4, -0.2) is 30.3 Å². The van der Waals surface area contributed by atoms with Crippen molar-refractivity contribution in [2.45, 2.75) is 37.8 Å². The molecule has 13 heavy (non-hydrogen) atoms. The number of nitrogens with two attached hydrogens (primary N) is 1. The highest BCUT2D eigenvalue weighted by Crippen LogP contribution is 2.26. The fourth-order valence-electron chi connectivity index (χ4n) is 1.83. The monoisotopic (exact) mass is 187 g/mol. The fourth-order valence-corrected chi connectivity index (χ4v) is 1.83. The molecule has 1 rings (SSSR count). The topological polar surface area (TPSA) is 72.5 Å². The Kier molecular flexibility index (Phi) is 3.69. The van der Waals surface area contributed by atoms with Crippen LogP contribution in [0.25, 0.3) is 0 Å². The molecule has 76 valence electrons. The fraction of sp³-hybridized carbons (Fsp3) is 0.889. The molecule has 3 atom stereocenters. The highest BCUT2D eigenvalue weighted by molar-refractivity contribution is 5.69. The molecule has 0 heterocycles. The van der Waals surface area contributed by atoms with Gasteiger partial charge in [-0.25, -0.2) is 0 Å². The first-order chi connectivity index (χ1) is 6.15. The van der Waals surface area contributed by atoms with Crippen molar-refractivity contribution in [2.75, 3.05) is 7.11 Å². The Morgan fingerprint density at radius 1 is 1.62 bits per heavy atom. The number of hydrogen-bond acceptors (Lipinski definition) is 4. The van der Waals surface area contributed by atoms with Crippen LogP contribution in [0.5, 0.6) is 0 Å². The van der Waals surface area contributed by atoms with Crippen LogP contribution in [0, 0.1) is 5.92 Å². The van der Waals surface area contributed by atoms with Gasteiger partial charge in [0.2, 0.25) is 0 Å². The summed E-state index contributed by atoms with van der Waals surface area (Å²) in [6.07, 6.45) is 2.43. The maximum absolute atomic E-state index is 11.0. The largest absolute Gasteiger partial charge is 0.469 e. The van der Waals surface area contributed by atoms with Gasteiger partial charge in [0.1, 0.15) is 0 Å². The highest BCUT2D eigenvalue weighted by Gasteiger charge is 2.30. The van der Waals surface area contributed by atoms with Gasteiger partial charge in [-0.2, -0.15) is 0 Å². The molecule has 0 unspecified atom stereocenters. The minimum absolute atomic E-state index is 0.0174. The third-order valence-corrected chi connectivity index (χ3v) is 2.69. The smallest absolute Gasteiger partial charge is 0.305 e. The van der Waals surface area contributed by atoms with E-state index in [2.05, 4.69) is 4.74 Å². The summed E-state index contributed by atoms with van der Waals surface area (Å²) in [7, 11) is 1.36. The number of methoxy groups -OCH3 is 1. The van der Waals surface area contributed by atoms with E-state index in [-0.39, 0.29) is 24.3 Å². The van der Waals surface area contributed by atoms with Gasteiger partial charge in [-0.3, -0.25) is 4.79 Å². The molecule has 0 aromatic heterocycles. The summed E-state index contributed by atoms with van der Waals surface area (Å²) in [6, 6.07) is -0.177. The Bertz CT molecular complexity index is 184. The van der Waals surface area contributed by atoms with E-state index < -0.39 is 6.10 Å². The van der Waals surface area contributed by atoms with Crippen molar-refractivity contribution in [2.24, 2.45) is 11.7 Å². The SMILES string of the molecule is COC(=O)C[C@@H]1CCC[C@H](N)[C@H]1O. The molecular formula is C9H17NO3. The number of hydrogen-bond donors (Lipinski definition) is 2. The summed E-state index contributed by atoms with van der Waals surface area (Å²) in [5.74, 6) is -0.283. The molecule has 0 radical (unpaired) electrons. The standard InChI is InChI=1S/C9H17NO3/c1-13-8(11)5-6-3-2-4-7(10)9(6)12/h6-7,9,12H,2-5,10H2,1H3/t6-,7-,9-/m0/s1. The molecule has 1 fully saturated rings. The number of aliphatic hydroxyl groups excluding tert-OH is 1. The Labute approximate surface area is 78.1 Å². The molecule has 0 aromatic rings. The summed E-state index contributed by atoms with van der Waals surface area (Å²) in [6.45, 7) is 0. The average molecular weight is 187 g/mol. The first-order valence-corrected chi connectivity index (χ1v) is 4.65. The van der Waals surface area contributed by atoms with Gasteiger partial charge < -0.3 is 15.6 Å². The number of ether oxygens (including phenoxy) is 1. The molecule has 0 bridgehead atoms. The van der Waals surface area contributed by atoms with E-state index >= 15 is 0 Å². The lowest BCUT2D eigenvalue weighted by molar-refractivity contribution is -0.143. The Morgan fingerprint density at radius 2 is 2.31 bits per heavy atom. The van der Waals surface area contributed by atoms with Crippen LogP contribution in [0.1, 0.15) is 25.7 Å². The van der Waals surface area contributed by atoms with Gasteiger partial charge in [0.05, 0.1) is 19.6 Å². The first kappa shape index (κ1) is 10.5. The molecule has 3 N–H and O–H groups in total. The van der Waals surface area contributed by atoms with Crippen LogP contribution in [0.15, 0.2) is 0 Å². The highest BCUT2D eigenvalue weighted by atomic mass is 16.5. The van der Waals surface area contributed by atoms with Crippen LogP contribution in [0.2, 0.25) is 0 Å². The molecule has 0 spiro atoms. The zero-order valence-corrected chi connectivity index (χ0v) is 7.90. The summed E-state index contributed by atoms with van der Waals surface area (Å²) >= 11 is 0. The van der Waals surface area contributed by atoms with Gasteiger partial charge in [0, 0.05) is 6.04 Å². The number of esters is 1. The summed E-state index contributed by atoms with van der Waals surface area (Å²) in [4.78, 5) is 11.0. The molecule has 1 aliphatic carbocycles. The van der Waals surface area contributed by atoms with Gasteiger partial charge in [0.15, 0.2) is 0 Å². The number of rotatable bonds is 2. The van der Waals surface area contributed by atoms with E-state index in [0.717, 1.165) is 19.3 Å². The van der Waals surface area contributed by atoms with Crippen molar-refractivity contribution in [3.8, 4) is 0 Å². The lowest BCUT2D eigenvalue weighted by Gasteiger charge is -2.31. The molecule has 0 amide bonds. The first-order valence-electron chi connectivity index (χ1n) is 4.65. The van der Waals surface area contributed by atoms with E-state index in [0.29, 0.717) is 0 Å². The maximum Gasteiger partial charge on any atom is 0.305 e. The second-order valence-corrected chi connectivity index (χ2v) is 3.63. The maximum atomic E-state index is 11.0. The summed E-state index contributed by atoms with van der Waals surface area (Å²) in [5, 5.41) is 9.65. The van der Waals surface area contributed by atoms with Crippen LogP contribution >= 0.6 is 0 Å². The van der Waals surface area contributed by atoms with Crippen LogP contribution in [-0.2, 0) is 9.53 Å². The van der Waals surface area contributed by atoms with E-state index in [1.807, 2.05) is 0 Å². The Balaban J connectivity index is 2.43. The average Bonchev–Trinajstić information content (AvgIpc) is 2.13. The van der Waals surface area contributed by atoms with Crippen LogP contribution in [0.3, 0.4) is 0 Å². The molecule has 1 saturated carbocycles. The van der Waals surface area contributed by atoms with Crippen LogP contribution < -0.4 is 5.73 Å². The minimum atomic E-state index is -0.548. The minimum Gasteiger partial charge on any atom is -0.469 e. The second kappa shape index (κ2) is 4.58. The van der Waals surface area contributed by atoms with E-state index in [1.165, 1.54) is 7.11 Å². The molecule has 0 aliphatic heterocycles. The van der Waals surface area contributed by atoms with Crippen molar-refractivity contribution in [1.29, 1.82) is 0 Å². The normalized spacial score (nSPS) is 34.2. The molecule has 1 aliphatic rings. The quantitative estimate of drug-likeness (QED) is 0.598. The van der Waals surface area contributed by atoms with E-state index in [4.69, 9.17) is 5.73 Å². The van der Waals surface area contributed by atoms with Gasteiger partial charge in [-0.15, -0.1) is 0 Å². The van der Waals surface area contributed by atoms with Crippen molar-refractivity contribution in [1.82, 2.24) is 0 Å². The van der Waals surface area contributed by atoms with Crippen molar-refractivity contribution in [3.05, 3.63) is 0 Å². The summed E-state index contributed by atoms with van der Waals surface area (Å²) in [5.41, 5.74) is 5.68. The zero-order chi connectivity index (χ0) is 9.84. The van der Waals surface area contributed by atoms with Crippen molar-refractivity contribution in [3.63, 3.8) is 0 Å². The van der Waals surface area contributed by atoms with E-state index in [9.17, 15) is 9.90 Å².